The van der Waals surface area contributed by atoms with Crippen molar-refractivity contribution in [2.75, 3.05) is 19.8 Å². The molecule has 0 aromatic heterocycles. The number of carbonyl (C=O) groups excluding carboxylic acids is 2. The first-order valence-corrected chi connectivity index (χ1v) is 5.73. The zero-order valence-corrected chi connectivity index (χ0v) is 10.1. The van der Waals surface area contributed by atoms with Gasteiger partial charge in [0.15, 0.2) is 0 Å². The number of imide groups is 1. The molecule has 1 aromatic carbocycles. The zero-order valence-electron chi connectivity index (χ0n) is 10.1. The summed E-state index contributed by atoms with van der Waals surface area (Å²) in [5.41, 5.74) is 1.78. The van der Waals surface area contributed by atoms with E-state index >= 15 is 0 Å². The molecule has 1 aliphatic heterocycles. The van der Waals surface area contributed by atoms with E-state index in [9.17, 15) is 14.7 Å². The molecule has 1 aromatic rings. The van der Waals surface area contributed by atoms with Gasteiger partial charge in [0.25, 0.3) is 11.8 Å². The Hall–Kier alpha value is -1.72. The number of carbonyl (C=O) groups is 2. The van der Waals surface area contributed by atoms with Crippen molar-refractivity contribution in [3.8, 4) is 0 Å². The molecular weight excluding hydrogens is 234 g/mol. The number of benzene rings is 1. The molecule has 2 amide bonds. The molecule has 1 aliphatic rings. The summed E-state index contributed by atoms with van der Waals surface area (Å²) in [6, 6.07) is 7.33. The van der Waals surface area contributed by atoms with E-state index in [1.54, 1.807) is 12.1 Å². The minimum Gasteiger partial charge on any atom is -0.387 e. The molecular formula is C13H15NO4. The van der Waals surface area contributed by atoms with Gasteiger partial charge in [-0.3, -0.25) is 14.5 Å². The number of amides is 2. The van der Waals surface area contributed by atoms with Crippen LogP contribution in [0.5, 0.6) is 0 Å². The number of aryl methyl sites for hydroxylation is 1. The van der Waals surface area contributed by atoms with Crippen molar-refractivity contribution in [3.63, 3.8) is 0 Å². The second-order valence-electron chi connectivity index (χ2n) is 4.32. The molecule has 0 saturated carbocycles. The zero-order chi connectivity index (χ0) is 13.1. The third-order valence-electron chi connectivity index (χ3n) is 2.87. The highest BCUT2D eigenvalue weighted by atomic mass is 16.5. The average Bonchev–Trinajstić information content (AvgIpc) is 2.34. The molecule has 1 unspecified atom stereocenters. The van der Waals surface area contributed by atoms with E-state index in [4.69, 9.17) is 4.74 Å². The third kappa shape index (κ3) is 2.75. The quantitative estimate of drug-likeness (QED) is 0.788. The largest absolute Gasteiger partial charge is 0.387 e. The van der Waals surface area contributed by atoms with Gasteiger partial charge >= 0.3 is 0 Å². The second kappa shape index (κ2) is 5.29. The summed E-state index contributed by atoms with van der Waals surface area (Å²) in [5.74, 6) is -0.810. The van der Waals surface area contributed by atoms with Crippen LogP contribution in [-0.4, -0.2) is 41.6 Å². The molecule has 1 atom stereocenters. The molecule has 0 spiro atoms. The lowest BCUT2D eigenvalue weighted by atomic mass is 10.1. The summed E-state index contributed by atoms with van der Waals surface area (Å²) in [4.78, 5) is 24.0. The molecule has 1 saturated heterocycles. The number of hydrogen-bond donors (Lipinski definition) is 1. The maximum atomic E-state index is 11.5. The van der Waals surface area contributed by atoms with Crippen LogP contribution < -0.4 is 0 Å². The highest BCUT2D eigenvalue weighted by Crippen LogP contribution is 2.16. The van der Waals surface area contributed by atoms with Gasteiger partial charge in [-0.1, -0.05) is 29.8 Å². The summed E-state index contributed by atoms with van der Waals surface area (Å²) in [6.45, 7) is 1.72. The van der Waals surface area contributed by atoms with Crippen LogP contribution in [0.25, 0.3) is 0 Å². The average molecular weight is 249 g/mol. The topological polar surface area (TPSA) is 66.8 Å². The van der Waals surface area contributed by atoms with E-state index in [0.29, 0.717) is 5.56 Å². The van der Waals surface area contributed by atoms with Gasteiger partial charge in [0.2, 0.25) is 0 Å². The standard InChI is InChI=1S/C13H15NO4/c1-9-2-4-10(5-3-9)11(15)6-14-12(16)7-18-8-13(14)17/h2-5,11,15H,6-8H2,1H3. The first kappa shape index (κ1) is 12.7. The lowest BCUT2D eigenvalue weighted by Crippen LogP contribution is -2.47. The van der Waals surface area contributed by atoms with Crippen LogP contribution >= 0.6 is 0 Å². The number of aliphatic hydroxyl groups excluding tert-OH is 1. The van der Waals surface area contributed by atoms with Crippen molar-refractivity contribution in [2.24, 2.45) is 0 Å². The van der Waals surface area contributed by atoms with Crippen molar-refractivity contribution in [1.82, 2.24) is 4.90 Å². The van der Waals surface area contributed by atoms with Gasteiger partial charge in [-0.25, -0.2) is 0 Å². The van der Waals surface area contributed by atoms with Crippen LogP contribution in [0.4, 0.5) is 0 Å². The minimum atomic E-state index is -0.864. The van der Waals surface area contributed by atoms with E-state index in [1.165, 1.54) is 0 Å². The predicted molar refractivity (Wildman–Crippen MR) is 63.7 cm³/mol. The normalized spacial score (nSPS) is 18.0. The van der Waals surface area contributed by atoms with Crippen LogP contribution in [0.15, 0.2) is 24.3 Å². The molecule has 18 heavy (non-hydrogen) atoms. The Morgan fingerprint density at radius 1 is 1.22 bits per heavy atom. The molecule has 0 radical (unpaired) electrons. The minimum absolute atomic E-state index is 0.0237. The Balaban J connectivity index is 2.06. The van der Waals surface area contributed by atoms with Crippen molar-refractivity contribution < 1.29 is 19.4 Å². The maximum Gasteiger partial charge on any atom is 0.255 e. The van der Waals surface area contributed by atoms with E-state index in [-0.39, 0.29) is 19.8 Å². The molecule has 1 heterocycles. The van der Waals surface area contributed by atoms with Crippen molar-refractivity contribution >= 4 is 11.8 Å². The number of ether oxygens (including phenoxy) is 1. The number of β-amino-alcohol motifs (C(OH)–C–C–N with tert-alkyl or cyclic N) is 1. The number of nitrogens with zero attached hydrogens (tertiary/aromatic N) is 1. The van der Waals surface area contributed by atoms with Gasteiger partial charge in [0, 0.05) is 0 Å². The highest BCUT2D eigenvalue weighted by molar-refractivity contribution is 5.98. The van der Waals surface area contributed by atoms with E-state index in [2.05, 4.69) is 0 Å². The summed E-state index contributed by atoms with van der Waals surface area (Å²) in [7, 11) is 0. The summed E-state index contributed by atoms with van der Waals surface area (Å²) in [6.07, 6.45) is -0.864. The molecule has 1 fully saturated rings. The smallest absolute Gasteiger partial charge is 0.255 e. The van der Waals surface area contributed by atoms with Gasteiger partial charge in [-0.15, -0.1) is 0 Å². The predicted octanol–water partition coefficient (Wildman–Crippen LogP) is 0.414. The summed E-state index contributed by atoms with van der Waals surface area (Å²) < 4.78 is 4.80. The molecule has 2 rings (SSSR count). The van der Waals surface area contributed by atoms with Crippen molar-refractivity contribution in [1.29, 1.82) is 0 Å². The van der Waals surface area contributed by atoms with E-state index in [0.717, 1.165) is 10.5 Å². The van der Waals surface area contributed by atoms with Gasteiger partial charge in [0.05, 0.1) is 12.6 Å². The van der Waals surface area contributed by atoms with Crippen LogP contribution in [0.2, 0.25) is 0 Å². The first-order chi connectivity index (χ1) is 8.58. The van der Waals surface area contributed by atoms with Gasteiger partial charge in [0.1, 0.15) is 13.2 Å². The monoisotopic (exact) mass is 249 g/mol. The van der Waals surface area contributed by atoms with E-state index < -0.39 is 17.9 Å². The fraction of sp³-hybridized carbons (Fsp3) is 0.385. The molecule has 5 nitrogen and oxygen atoms in total. The van der Waals surface area contributed by atoms with E-state index in [1.807, 2.05) is 19.1 Å². The highest BCUT2D eigenvalue weighted by Gasteiger charge is 2.28. The van der Waals surface area contributed by atoms with Crippen LogP contribution in [-0.2, 0) is 14.3 Å². The summed E-state index contributed by atoms with van der Waals surface area (Å²) >= 11 is 0. The SMILES string of the molecule is Cc1ccc(C(O)CN2C(=O)COCC2=O)cc1. The number of rotatable bonds is 3. The summed E-state index contributed by atoms with van der Waals surface area (Å²) in [5, 5.41) is 10.0. The Kier molecular flexibility index (Phi) is 3.74. The number of aliphatic hydroxyl groups is 1. The molecule has 1 N–H and O–H groups in total. The first-order valence-electron chi connectivity index (χ1n) is 5.73. The fourth-order valence-electron chi connectivity index (χ4n) is 1.79. The molecule has 0 bridgehead atoms. The Morgan fingerprint density at radius 2 is 1.78 bits per heavy atom. The fourth-order valence-corrected chi connectivity index (χ4v) is 1.79. The van der Waals surface area contributed by atoms with Crippen LogP contribution in [0.1, 0.15) is 17.2 Å². The Bertz CT molecular complexity index is 439. The maximum absolute atomic E-state index is 11.5. The van der Waals surface area contributed by atoms with Gasteiger partial charge in [-0.05, 0) is 12.5 Å². The third-order valence-corrected chi connectivity index (χ3v) is 2.87. The second-order valence-corrected chi connectivity index (χ2v) is 4.32. The van der Waals surface area contributed by atoms with Crippen molar-refractivity contribution in [2.45, 2.75) is 13.0 Å². The number of morpholine rings is 1. The molecule has 0 aliphatic carbocycles. The van der Waals surface area contributed by atoms with Crippen LogP contribution in [0.3, 0.4) is 0 Å². The van der Waals surface area contributed by atoms with Crippen LogP contribution in [0, 0.1) is 6.92 Å². The lowest BCUT2D eigenvalue weighted by Gasteiger charge is -2.27. The lowest BCUT2D eigenvalue weighted by molar-refractivity contribution is -0.160. The van der Waals surface area contributed by atoms with Gasteiger partial charge in [-0.2, -0.15) is 0 Å². The van der Waals surface area contributed by atoms with Gasteiger partial charge < -0.3 is 9.84 Å². The Morgan fingerprint density at radius 3 is 2.33 bits per heavy atom. The number of hydrogen-bond acceptors (Lipinski definition) is 4. The molecule has 96 valence electrons. The molecule has 5 heteroatoms. The Labute approximate surface area is 105 Å². The van der Waals surface area contributed by atoms with Crippen molar-refractivity contribution in [3.05, 3.63) is 35.4 Å².